The van der Waals surface area contributed by atoms with Crippen LogP contribution in [0.5, 0.6) is 0 Å². The Morgan fingerprint density at radius 1 is 1.41 bits per heavy atom. The largest absolute Gasteiger partial charge is 0.370 e. The highest BCUT2D eigenvalue weighted by atomic mass is 32.2. The summed E-state index contributed by atoms with van der Waals surface area (Å²) in [5.41, 5.74) is -1.08. The number of hydrogen-bond acceptors (Lipinski definition) is 7. The Kier molecular flexibility index (Phi) is 5.41. The smallest absolute Gasteiger partial charge is 0.332 e. The summed E-state index contributed by atoms with van der Waals surface area (Å²) in [6, 6.07) is 1.87. The highest BCUT2D eigenvalue weighted by molar-refractivity contribution is 8.00. The number of thiazole rings is 1. The molecule has 0 saturated heterocycles. The topological polar surface area (TPSA) is 92.7 Å². The molecule has 0 aliphatic rings. The molecule has 2 rings (SSSR count). The molecule has 0 saturated carbocycles. The third kappa shape index (κ3) is 3.40. The summed E-state index contributed by atoms with van der Waals surface area (Å²) < 4.78 is 3.23. The van der Waals surface area contributed by atoms with E-state index in [2.05, 4.69) is 10.3 Å². The van der Waals surface area contributed by atoms with Crippen LogP contribution in [0.2, 0.25) is 0 Å². The van der Waals surface area contributed by atoms with E-state index < -0.39 is 11.2 Å². The van der Waals surface area contributed by atoms with E-state index in [0.29, 0.717) is 6.54 Å². The SMILES string of the molecule is Cn1c(NCCCSc2nccs2)c(C#N)c(=O)n(C)c1=O. The van der Waals surface area contributed by atoms with Gasteiger partial charge >= 0.3 is 5.69 Å². The molecule has 0 aromatic carbocycles. The molecule has 116 valence electrons. The van der Waals surface area contributed by atoms with Crippen molar-refractivity contribution < 1.29 is 0 Å². The summed E-state index contributed by atoms with van der Waals surface area (Å²) in [5.74, 6) is 1.14. The maximum absolute atomic E-state index is 11.9. The highest BCUT2D eigenvalue weighted by Crippen LogP contribution is 2.20. The van der Waals surface area contributed by atoms with Gasteiger partial charge in [-0.1, -0.05) is 11.8 Å². The standard InChI is InChI=1S/C13H15N5O2S2/c1-17-10(9(8-14)11(19)18(2)13(17)20)15-4-3-6-21-12-16-5-7-22-12/h5,7,15H,3-4,6H2,1-2H3. The lowest BCUT2D eigenvalue weighted by Gasteiger charge is -2.13. The van der Waals surface area contributed by atoms with Crippen LogP contribution >= 0.6 is 23.1 Å². The number of anilines is 1. The first-order valence-corrected chi connectivity index (χ1v) is 8.39. The third-order valence-corrected chi connectivity index (χ3v) is 5.08. The third-order valence-electron chi connectivity index (χ3n) is 3.03. The van der Waals surface area contributed by atoms with Crippen LogP contribution in [0.25, 0.3) is 0 Å². The van der Waals surface area contributed by atoms with Gasteiger partial charge in [-0.05, 0) is 6.42 Å². The summed E-state index contributed by atoms with van der Waals surface area (Å²) >= 11 is 3.24. The minimum Gasteiger partial charge on any atom is -0.370 e. The van der Waals surface area contributed by atoms with Crippen LogP contribution in [0.15, 0.2) is 25.5 Å². The average Bonchev–Trinajstić information content (AvgIpc) is 3.03. The number of hydrogen-bond donors (Lipinski definition) is 1. The predicted molar refractivity (Wildman–Crippen MR) is 87.6 cm³/mol. The number of nitriles is 1. The van der Waals surface area contributed by atoms with Crippen molar-refractivity contribution in [3.8, 4) is 6.07 Å². The molecule has 22 heavy (non-hydrogen) atoms. The van der Waals surface area contributed by atoms with Gasteiger partial charge in [-0.2, -0.15) is 5.26 Å². The second-order valence-corrected chi connectivity index (χ2v) is 6.70. The van der Waals surface area contributed by atoms with E-state index >= 15 is 0 Å². The van der Waals surface area contributed by atoms with E-state index in [1.54, 1.807) is 29.3 Å². The number of nitrogens with one attached hydrogen (secondary N) is 1. The van der Waals surface area contributed by atoms with E-state index in [1.165, 1.54) is 18.7 Å². The van der Waals surface area contributed by atoms with E-state index in [9.17, 15) is 9.59 Å². The molecule has 0 bridgehead atoms. The van der Waals surface area contributed by atoms with Crippen LogP contribution in [-0.2, 0) is 14.1 Å². The van der Waals surface area contributed by atoms with Crippen LogP contribution < -0.4 is 16.6 Å². The molecule has 2 aromatic heterocycles. The van der Waals surface area contributed by atoms with Gasteiger partial charge in [-0.15, -0.1) is 11.3 Å². The normalized spacial score (nSPS) is 10.4. The first-order chi connectivity index (χ1) is 10.6. The predicted octanol–water partition coefficient (Wildman–Crippen LogP) is 1.01. The van der Waals surface area contributed by atoms with Crippen molar-refractivity contribution in [3.05, 3.63) is 38.0 Å². The van der Waals surface area contributed by atoms with Crippen LogP contribution in [-0.4, -0.2) is 26.4 Å². The lowest BCUT2D eigenvalue weighted by Crippen LogP contribution is -2.40. The Labute approximate surface area is 135 Å². The molecule has 0 unspecified atom stereocenters. The Morgan fingerprint density at radius 3 is 2.82 bits per heavy atom. The zero-order chi connectivity index (χ0) is 16.1. The van der Waals surface area contributed by atoms with E-state index in [-0.39, 0.29) is 11.4 Å². The first-order valence-electron chi connectivity index (χ1n) is 6.52. The average molecular weight is 337 g/mol. The zero-order valence-electron chi connectivity index (χ0n) is 12.2. The molecule has 0 aliphatic carbocycles. The van der Waals surface area contributed by atoms with Gasteiger partial charge in [0.2, 0.25) is 0 Å². The molecule has 0 fully saturated rings. The van der Waals surface area contributed by atoms with E-state index in [0.717, 1.165) is 21.1 Å². The molecule has 0 atom stereocenters. The fourth-order valence-electron chi connectivity index (χ4n) is 1.87. The molecular formula is C13H15N5O2S2. The number of rotatable bonds is 6. The molecule has 0 radical (unpaired) electrons. The van der Waals surface area contributed by atoms with Crippen LogP contribution in [0.4, 0.5) is 5.82 Å². The van der Waals surface area contributed by atoms with E-state index in [4.69, 9.17) is 5.26 Å². The lowest BCUT2D eigenvalue weighted by atomic mass is 10.3. The van der Waals surface area contributed by atoms with Crippen molar-refractivity contribution in [1.82, 2.24) is 14.1 Å². The first kappa shape index (κ1) is 16.3. The fraction of sp³-hybridized carbons (Fsp3) is 0.385. The van der Waals surface area contributed by atoms with Gasteiger partial charge in [-0.3, -0.25) is 13.9 Å². The van der Waals surface area contributed by atoms with Crippen molar-refractivity contribution in [1.29, 1.82) is 5.26 Å². The Morgan fingerprint density at radius 2 is 2.18 bits per heavy atom. The minimum atomic E-state index is -0.578. The maximum Gasteiger partial charge on any atom is 0.332 e. The molecule has 2 aromatic rings. The summed E-state index contributed by atoms with van der Waals surface area (Å²) in [6.45, 7) is 0.563. The van der Waals surface area contributed by atoms with Crippen molar-refractivity contribution in [2.75, 3.05) is 17.6 Å². The Bertz CT molecular complexity index is 802. The van der Waals surface area contributed by atoms with Crippen LogP contribution in [0, 0.1) is 11.3 Å². The van der Waals surface area contributed by atoms with Crippen molar-refractivity contribution in [2.45, 2.75) is 10.8 Å². The fourth-order valence-corrected chi connectivity index (χ4v) is 3.52. The molecule has 9 heteroatoms. The van der Waals surface area contributed by atoms with Gasteiger partial charge in [0, 0.05) is 38.0 Å². The second kappa shape index (κ2) is 7.29. The molecule has 0 aliphatic heterocycles. The van der Waals surface area contributed by atoms with Gasteiger partial charge in [0.05, 0.1) is 0 Å². The Hall–Kier alpha value is -2.05. The number of aromatic nitrogens is 3. The summed E-state index contributed by atoms with van der Waals surface area (Å²) in [6.07, 6.45) is 2.58. The quantitative estimate of drug-likeness (QED) is 0.624. The van der Waals surface area contributed by atoms with Crippen molar-refractivity contribution in [2.24, 2.45) is 14.1 Å². The monoisotopic (exact) mass is 337 g/mol. The van der Waals surface area contributed by atoms with E-state index in [1.807, 2.05) is 11.4 Å². The summed E-state index contributed by atoms with van der Waals surface area (Å²) in [5, 5.41) is 14.1. The van der Waals surface area contributed by atoms with Crippen LogP contribution in [0.3, 0.4) is 0 Å². The van der Waals surface area contributed by atoms with Crippen molar-refractivity contribution >= 4 is 28.9 Å². The lowest BCUT2D eigenvalue weighted by molar-refractivity contribution is 0.684. The molecule has 0 spiro atoms. The Balaban J connectivity index is 2.02. The second-order valence-electron chi connectivity index (χ2n) is 4.47. The molecule has 2 heterocycles. The molecule has 0 amide bonds. The highest BCUT2D eigenvalue weighted by Gasteiger charge is 2.14. The molecule has 1 N–H and O–H groups in total. The molecule has 7 nitrogen and oxygen atoms in total. The summed E-state index contributed by atoms with van der Waals surface area (Å²) in [4.78, 5) is 28.0. The van der Waals surface area contributed by atoms with Gasteiger partial charge in [-0.25, -0.2) is 9.78 Å². The van der Waals surface area contributed by atoms with Gasteiger partial charge < -0.3 is 5.32 Å². The maximum atomic E-state index is 11.9. The van der Waals surface area contributed by atoms with Gasteiger partial charge in [0.15, 0.2) is 5.56 Å². The number of thioether (sulfide) groups is 1. The van der Waals surface area contributed by atoms with Crippen molar-refractivity contribution in [3.63, 3.8) is 0 Å². The number of nitrogens with zero attached hydrogens (tertiary/aromatic N) is 4. The zero-order valence-corrected chi connectivity index (χ0v) is 13.8. The van der Waals surface area contributed by atoms with Gasteiger partial charge in [0.25, 0.3) is 5.56 Å². The van der Waals surface area contributed by atoms with Crippen LogP contribution in [0.1, 0.15) is 12.0 Å². The van der Waals surface area contributed by atoms with Gasteiger partial charge in [0.1, 0.15) is 16.2 Å². The molecular weight excluding hydrogens is 322 g/mol. The summed E-state index contributed by atoms with van der Waals surface area (Å²) in [7, 11) is 2.90. The minimum absolute atomic E-state index is 0.0443.